The van der Waals surface area contributed by atoms with Crippen molar-refractivity contribution in [1.29, 1.82) is 0 Å². The molecule has 198 valence electrons. The predicted octanol–water partition coefficient (Wildman–Crippen LogP) is 7.00. The first-order valence-electron chi connectivity index (χ1n) is 14.7. The Morgan fingerprint density at radius 2 is 1.56 bits per heavy atom. The predicted molar refractivity (Wildman–Crippen MR) is 153 cm³/mol. The Kier molecular flexibility index (Phi) is 10.4. The fraction of sp³-hybridized carbons (Fsp3) is 0.677. The molecule has 5 nitrogen and oxygen atoms in total. The molecule has 0 atom stereocenters. The summed E-state index contributed by atoms with van der Waals surface area (Å²) in [7, 11) is 0. The maximum absolute atomic E-state index is 4.84. The minimum Gasteiger partial charge on any atom is -0.354 e. The highest BCUT2D eigenvalue weighted by Crippen LogP contribution is 2.28. The van der Waals surface area contributed by atoms with E-state index in [1.54, 1.807) is 0 Å². The third-order valence-electron chi connectivity index (χ3n) is 8.24. The third kappa shape index (κ3) is 8.47. The van der Waals surface area contributed by atoms with Crippen molar-refractivity contribution in [3.8, 4) is 0 Å². The molecule has 1 N–H and O–H groups in total. The fourth-order valence-corrected chi connectivity index (χ4v) is 5.86. The normalized spacial score (nSPS) is 17.6. The largest absolute Gasteiger partial charge is 0.354 e. The van der Waals surface area contributed by atoms with E-state index in [9.17, 15) is 0 Å². The van der Waals surface area contributed by atoms with E-state index in [1.165, 1.54) is 81.8 Å². The van der Waals surface area contributed by atoms with Gasteiger partial charge >= 0.3 is 0 Å². The molecule has 1 saturated heterocycles. The van der Waals surface area contributed by atoms with Gasteiger partial charge in [-0.2, -0.15) is 4.98 Å². The highest BCUT2D eigenvalue weighted by Gasteiger charge is 2.20. The van der Waals surface area contributed by atoms with Gasteiger partial charge in [0.1, 0.15) is 5.82 Å². The van der Waals surface area contributed by atoms with Crippen molar-refractivity contribution >= 4 is 11.8 Å². The number of nitrogens with zero attached hydrogens (tertiary/aromatic N) is 4. The van der Waals surface area contributed by atoms with Crippen LogP contribution in [-0.4, -0.2) is 47.1 Å². The Labute approximate surface area is 220 Å². The van der Waals surface area contributed by atoms with Crippen LogP contribution in [0.15, 0.2) is 30.3 Å². The Hall–Kier alpha value is -2.14. The van der Waals surface area contributed by atoms with Gasteiger partial charge in [0.15, 0.2) is 0 Å². The summed E-state index contributed by atoms with van der Waals surface area (Å²) in [6.45, 7) is 11.6. The highest BCUT2D eigenvalue weighted by molar-refractivity contribution is 5.45. The van der Waals surface area contributed by atoms with Gasteiger partial charge in [0.25, 0.3) is 0 Å². The van der Waals surface area contributed by atoms with Gasteiger partial charge in [-0.25, -0.2) is 4.98 Å². The van der Waals surface area contributed by atoms with Crippen LogP contribution in [0.5, 0.6) is 0 Å². The summed E-state index contributed by atoms with van der Waals surface area (Å²) in [5.41, 5.74) is 3.76. The van der Waals surface area contributed by atoms with Gasteiger partial charge in [-0.15, -0.1) is 0 Å². The molecule has 0 bridgehead atoms. The van der Waals surface area contributed by atoms with Gasteiger partial charge < -0.3 is 10.2 Å². The molecule has 1 aromatic heterocycles. The minimum atomic E-state index is 0.610. The molecule has 4 rings (SSSR count). The first kappa shape index (κ1) is 26.9. The standard InChI is InChI=1S/C31H49N5/c1-25(2)35-19-21-36(22-20-35)30-23-26(3)33-31(34-30)32-24-29-17-15-28(16-18-29)14-8-5-4-7-11-27-12-9-6-10-13-27/h15-18,23,25,27H,4-14,19-22,24H2,1-3H3,(H,32,33,34). The average molecular weight is 492 g/mol. The first-order chi connectivity index (χ1) is 17.6. The number of hydrogen-bond donors (Lipinski definition) is 1. The number of hydrogen-bond acceptors (Lipinski definition) is 5. The van der Waals surface area contributed by atoms with Crippen molar-refractivity contribution < 1.29 is 0 Å². The van der Waals surface area contributed by atoms with E-state index in [0.29, 0.717) is 6.04 Å². The van der Waals surface area contributed by atoms with Crippen LogP contribution < -0.4 is 10.2 Å². The molecule has 2 aromatic rings. The van der Waals surface area contributed by atoms with Crippen LogP contribution >= 0.6 is 0 Å². The van der Waals surface area contributed by atoms with Crippen LogP contribution in [0.25, 0.3) is 0 Å². The molecule has 5 heteroatoms. The fourth-order valence-electron chi connectivity index (χ4n) is 5.86. The lowest BCUT2D eigenvalue weighted by molar-refractivity contribution is 0.209. The Morgan fingerprint density at radius 1 is 0.861 bits per heavy atom. The van der Waals surface area contributed by atoms with Crippen molar-refractivity contribution in [1.82, 2.24) is 14.9 Å². The van der Waals surface area contributed by atoms with Gasteiger partial charge in [0.05, 0.1) is 0 Å². The average Bonchev–Trinajstić information content (AvgIpc) is 2.90. The second-order valence-corrected chi connectivity index (χ2v) is 11.4. The van der Waals surface area contributed by atoms with Crippen LogP contribution in [-0.2, 0) is 13.0 Å². The molecular weight excluding hydrogens is 442 g/mol. The molecule has 1 saturated carbocycles. The van der Waals surface area contributed by atoms with Crippen molar-refractivity contribution in [3.63, 3.8) is 0 Å². The molecule has 1 aromatic carbocycles. The molecule has 1 aliphatic heterocycles. The second kappa shape index (κ2) is 14.0. The Morgan fingerprint density at radius 3 is 2.28 bits per heavy atom. The van der Waals surface area contributed by atoms with Gasteiger partial charge in [-0.1, -0.05) is 82.1 Å². The molecule has 2 aliphatic rings. The van der Waals surface area contributed by atoms with E-state index >= 15 is 0 Å². The number of unbranched alkanes of at least 4 members (excludes halogenated alkanes) is 3. The maximum Gasteiger partial charge on any atom is 0.225 e. The molecule has 0 radical (unpaired) electrons. The van der Waals surface area contributed by atoms with E-state index in [4.69, 9.17) is 4.98 Å². The number of anilines is 2. The van der Waals surface area contributed by atoms with Crippen molar-refractivity contribution in [2.75, 3.05) is 36.4 Å². The number of benzene rings is 1. The molecule has 2 heterocycles. The van der Waals surface area contributed by atoms with Crippen LogP contribution in [0.1, 0.15) is 94.9 Å². The highest BCUT2D eigenvalue weighted by atomic mass is 15.3. The van der Waals surface area contributed by atoms with E-state index in [1.807, 2.05) is 0 Å². The lowest BCUT2D eigenvalue weighted by Gasteiger charge is -2.37. The second-order valence-electron chi connectivity index (χ2n) is 11.4. The zero-order valence-corrected chi connectivity index (χ0v) is 23.1. The Balaban J connectivity index is 1.16. The smallest absolute Gasteiger partial charge is 0.225 e. The number of aryl methyl sites for hydroxylation is 2. The maximum atomic E-state index is 4.84. The minimum absolute atomic E-state index is 0.610. The van der Waals surface area contributed by atoms with E-state index < -0.39 is 0 Å². The van der Waals surface area contributed by atoms with Gasteiger partial charge in [-0.05, 0) is 50.7 Å². The molecule has 0 spiro atoms. The van der Waals surface area contributed by atoms with Crippen LogP contribution in [0, 0.1) is 12.8 Å². The number of piperazine rings is 1. The number of aromatic nitrogens is 2. The summed E-state index contributed by atoms with van der Waals surface area (Å²) < 4.78 is 0. The van der Waals surface area contributed by atoms with Crippen molar-refractivity contribution in [2.24, 2.45) is 5.92 Å². The lowest BCUT2D eigenvalue weighted by Crippen LogP contribution is -2.49. The first-order valence-corrected chi connectivity index (χ1v) is 14.7. The SMILES string of the molecule is Cc1cc(N2CCN(C(C)C)CC2)nc(NCc2ccc(CCCCCCC3CCCCC3)cc2)n1. The van der Waals surface area contributed by atoms with E-state index in [2.05, 4.69) is 71.2 Å². The lowest BCUT2D eigenvalue weighted by atomic mass is 9.85. The quantitative estimate of drug-likeness (QED) is 0.324. The zero-order valence-electron chi connectivity index (χ0n) is 23.1. The summed E-state index contributed by atoms with van der Waals surface area (Å²) in [6, 6.07) is 11.8. The number of nitrogens with one attached hydrogen (secondary N) is 1. The van der Waals surface area contributed by atoms with E-state index in [0.717, 1.165) is 56.1 Å². The van der Waals surface area contributed by atoms with Crippen LogP contribution in [0.3, 0.4) is 0 Å². The molecular formula is C31H49N5. The van der Waals surface area contributed by atoms with Crippen LogP contribution in [0.4, 0.5) is 11.8 Å². The summed E-state index contributed by atoms with van der Waals surface area (Å²) in [5.74, 6) is 2.81. The Bertz CT molecular complexity index is 896. The van der Waals surface area contributed by atoms with E-state index in [-0.39, 0.29) is 0 Å². The van der Waals surface area contributed by atoms with Gasteiger partial charge in [-0.3, -0.25) is 4.90 Å². The van der Waals surface area contributed by atoms with Crippen molar-refractivity contribution in [2.45, 2.75) is 104 Å². The zero-order chi connectivity index (χ0) is 25.2. The number of rotatable bonds is 12. The van der Waals surface area contributed by atoms with Gasteiger partial charge in [0, 0.05) is 50.5 Å². The van der Waals surface area contributed by atoms with Crippen LogP contribution in [0.2, 0.25) is 0 Å². The molecule has 2 fully saturated rings. The van der Waals surface area contributed by atoms with Gasteiger partial charge in [0.2, 0.25) is 5.95 Å². The summed E-state index contributed by atoms with van der Waals surface area (Å²) >= 11 is 0. The molecule has 0 unspecified atom stereocenters. The molecule has 1 aliphatic carbocycles. The molecule has 36 heavy (non-hydrogen) atoms. The monoisotopic (exact) mass is 491 g/mol. The molecule has 0 amide bonds. The topological polar surface area (TPSA) is 44.3 Å². The summed E-state index contributed by atoms with van der Waals surface area (Å²) in [6.07, 6.45) is 15.6. The summed E-state index contributed by atoms with van der Waals surface area (Å²) in [5, 5.41) is 3.46. The van der Waals surface area contributed by atoms with Crippen molar-refractivity contribution in [3.05, 3.63) is 47.2 Å². The summed E-state index contributed by atoms with van der Waals surface area (Å²) in [4.78, 5) is 14.4. The third-order valence-corrected chi connectivity index (χ3v) is 8.24.